The summed E-state index contributed by atoms with van der Waals surface area (Å²) < 4.78 is 4.70. The van der Waals surface area contributed by atoms with Crippen molar-refractivity contribution >= 4 is 29.4 Å². The van der Waals surface area contributed by atoms with Crippen molar-refractivity contribution in [3.8, 4) is 0 Å². The molecule has 0 unspecified atom stereocenters. The lowest BCUT2D eigenvalue weighted by atomic mass is 10.1. The molecule has 0 radical (unpaired) electrons. The van der Waals surface area contributed by atoms with Crippen molar-refractivity contribution in [2.24, 2.45) is 0 Å². The number of hydrogen-bond acceptors (Lipinski definition) is 4. The second-order valence-electron chi connectivity index (χ2n) is 4.89. The number of ketones is 1. The number of carbonyl (C=O) groups excluding carboxylic acids is 3. The van der Waals surface area contributed by atoms with Gasteiger partial charge < -0.3 is 15.4 Å². The molecule has 0 saturated heterocycles. The summed E-state index contributed by atoms with van der Waals surface area (Å²) in [5, 5.41) is 5.09. The fourth-order valence-electron chi connectivity index (χ4n) is 1.75. The van der Waals surface area contributed by atoms with Crippen molar-refractivity contribution in [2.45, 2.75) is 19.8 Å². The van der Waals surface area contributed by atoms with Crippen LogP contribution >= 0.6 is 11.6 Å². The number of hydrogen-bond donors (Lipinski definition) is 2. The van der Waals surface area contributed by atoms with Gasteiger partial charge in [0, 0.05) is 31.5 Å². The van der Waals surface area contributed by atoms with Crippen molar-refractivity contribution in [2.75, 3.05) is 25.6 Å². The van der Waals surface area contributed by atoms with Crippen LogP contribution in [0.3, 0.4) is 0 Å². The summed E-state index contributed by atoms with van der Waals surface area (Å²) in [5.74, 6) is -0.0663. The van der Waals surface area contributed by atoms with E-state index in [1.165, 1.54) is 0 Å². The average molecular weight is 341 g/mol. The highest BCUT2D eigenvalue weighted by Crippen LogP contribution is 2.07. The number of halogens is 1. The van der Waals surface area contributed by atoms with Crippen LogP contribution < -0.4 is 10.6 Å². The molecule has 0 spiro atoms. The molecule has 126 valence electrons. The smallest absolute Gasteiger partial charge is 0.407 e. The van der Waals surface area contributed by atoms with E-state index in [2.05, 4.69) is 10.6 Å². The molecule has 1 rings (SSSR count). The minimum Gasteiger partial charge on any atom is -0.448 e. The zero-order chi connectivity index (χ0) is 17.1. The number of benzene rings is 1. The van der Waals surface area contributed by atoms with E-state index >= 15 is 0 Å². The first-order chi connectivity index (χ1) is 11.0. The maximum Gasteiger partial charge on any atom is 0.407 e. The molecule has 0 aliphatic rings. The van der Waals surface area contributed by atoms with Gasteiger partial charge in [-0.1, -0.05) is 29.8 Å². The molecular formula is C16H21ClN2O4. The largest absolute Gasteiger partial charge is 0.448 e. The summed E-state index contributed by atoms with van der Waals surface area (Å²) in [4.78, 5) is 34.6. The maximum atomic E-state index is 11.9. The van der Waals surface area contributed by atoms with Crippen LogP contribution in [0.5, 0.6) is 0 Å². The molecule has 0 bridgehead atoms. The Labute approximate surface area is 140 Å². The number of Topliss-reactive ketones (excluding diaryl/α,β-unsaturated/α-hetero) is 1. The van der Waals surface area contributed by atoms with Gasteiger partial charge in [0.2, 0.25) is 5.91 Å². The Morgan fingerprint density at radius 2 is 1.70 bits per heavy atom. The lowest BCUT2D eigenvalue weighted by molar-refractivity contribution is -0.121. The quantitative estimate of drug-likeness (QED) is 0.409. The van der Waals surface area contributed by atoms with Crippen molar-refractivity contribution in [1.82, 2.24) is 10.6 Å². The second-order valence-corrected chi connectivity index (χ2v) is 5.27. The van der Waals surface area contributed by atoms with Gasteiger partial charge in [0.1, 0.15) is 6.61 Å². The third-order valence-electron chi connectivity index (χ3n) is 2.98. The third-order valence-corrected chi connectivity index (χ3v) is 3.13. The van der Waals surface area contributed by atoms with Crippen LogP contribution in [0.25, 0.3) is 0 Å². The van der Waals surface area contributed by atoms with Crippen LogP contribution in [-0.4, -0.2) is 43.4 Å². The molecule has 0 atom stereocenters. The van der Waals surface area contributed by atoms with Gasteiger partial charge in [-0.3, -0.25) is 9.59 Å². The predicted octanol–water partition coefficient (Wildman–Crippen LogP) is 2.04. The summed E-state index contributed by atoms with van der Waals surface area (Å²) in [7, 11) is 0. The highest BCUT2D eigenvalue weighted by Gasteiger charge is 2.09. The van der Waals surface area contributed by atoms with Crippen LogP contribution in [0.4, 0.5) is 4.79 Å². The number of alkyl carbamates (subject to hydrolysis) is 1. The van der Waals surface area contributed by atoms with Gasteiger partial charge in [-0.2, -0.15) is 0 Å². The fourth-order valence-corrected chi connectivity index (χ4v) is 1.83. The summed E-state index contributed by atoms with van der Waals surface area (Å²) in [5.41, 5.74) is 1.68. The summed E-state index contributed by atoms with van der Waals surface area (Å²) in [6, 6.07) is 7.24. The van der Waals surface area contributed by atoms with Gasteiger partial charge in [0.05, 0.1) is 5.88 Å². The minimum absolute atomic E-state index is 0.0667. The van der Waals surface area contributed by atoms with Crippen LogP contribution in [0.2, 0.25) is 0 Å². The van der Waals surface area contributed by atoms with Crippen molar-refractivity contribution in [3.05, 3.63) is 35.4 Å². The second kappa shape index (κ2) is 10.6. The normalized spacial score (nSPS) is 10.0. The van der Waals surface area contributed by atoms with E-state index in [-0.39, 0.29) is 50.1 Å². The van der Waals surface area contributed by atoms with Crippen molar-refractivity contribution in [1.29, 1.82) is 0 Å². The summed E-state index contributed by atoms with van der Waals surface area (Å²) in [6.45, 7) is 2.61. The minimum atomic E-state index is -0.575. The molecule has 2 amide bonds. The fraction of sp³-hybridized carbons (Fsp3) is 0.438. The van der Waals surface area contributed by atoms with E-state index in [0.717, 1.165) is 5.56 Å². The van der Waals surface area contributed by atoms with E-state index in [4.69, 9.17) is 16.3 Å². The molecule has 0 aliphatic carbocycles. The topological polar surface area (TPSA) is 84.5 Å². The molecule has 0 saturated carbocycles. The number of nitrogens with one attached hydrogen (secondary N) is 2. The number of ether oxygens (including phenoxy) is 1. The van der Waals surface area contributed by atoms with Gasteiger partial charge in [0.25, 0.3) is 0 Å². The zero-order valence-electron chi connectivity index (χ0n) is 13.1. The Balaban J connectivity index is 2.15. The molecule has 0 aliphatic heterocycles. The van der Waals surface area contributed by atoms with Gasteiger partial charge in [-0.25, -0.2) is 4.79 Å². The molecule has 7 heteroatoms. The molecule has 0 fully saturated rings. The number of carbonyl (C=O) groups is 3. The first-order valence-electron chi connectivity index (χ1n) is 7.36. The van der Waals surface area contributed by atoms with E-state index in [9.17, 15) is 14.4 Å². The molecule has 1 aromatic rings. The van der Waals surface area contributed by atoms with E-state index in [1.807, 2.05) is 19.1 Å². The molecule has 0 aromatic heterocycles. The van der Waals surface area contributed by atoms with Crippen molar-refractivity contribution in [3.63, 3.8) is 0 Å². The SMILES string of the molecule is Cc1ccc(C(=O)CCC(=O)NCCNC(=O)OCCCl)cc1. The van der Waals surface area contributed by atoms with Crippen LogP contribution in [0.15, 0.2) is 24.3 Å². The van der Waals surface area contributed by atoms with Gasteiger partial charge in [0.15, 0.2) is 5.78 Å². The van der Waals surface area contributed by atoms with Crippen LogP contribution in [0, 0.1) is 6.92 Å². The Bertz CT molecular complexity index is 531. The van der Waals surface area contributed by atoms with E-state index in [1.54, 1.807) is 12.1 Å². The summed E-state index contributed by atoms with van der Waals surface area (Å²) >= 11 is 5.37. The zero-order valence-corrected chi connectivity index (χ0v) is 13.8. The van der Waals surface area contributed by atoms with Crippen molar-refractivity contribution < 1.29 is 19.1 Å². The van der Waals surface area contributed by atoms with Gasteiger partial charge >= 0.3 is 6.09 Å². The average Bonchev–Trinajstić information content (AvgIpc) is 2.55. The van der Waals surface area contributed by atoms with Crippen LogP contribution in [0.1, 0.15) is 28.8 Å². The Hall–Kier alpha value is -2.08. The van der Waals surface area contributed by atoms with Gasteiger partial charge in [-0.05, 0) is 6.92 Å². The molecule has 1 aromatic carbocycles. The molecule has 0 heterocycles. The molecule has 2 N–H and O–H groups in total. The lowest BCUT2D eigenvalue weighted by Crippen LogP contribution is -2.35. The molecular weight excluding hydrogens is 320 g/mol. The molecule has 6 nitrogen and oxygen atoms in total. The Morgan fingerprint density at radius 1 is 1.04 bits per heavy atom. The first-order valence-corrected chi connectivity index (χ1v) is 7.89. The maximum absolute atomic E-state index is 11.9. The predicted molar refractivity (Wildman–Crippen MR) is 87.8 cm³/mol. The number of aryl methyl sites for hydroxylation is 1. The van der Waals surface area contributed by atoms with E-state index < -0.39 is 6.09 Å². The summed E-state index contributed by atoms with van der Waals surface area (Å²) in [6.07, 6.45) is -0.307. The molecule has 23 heavy (non-hydrogen) atoms. The van der Waals surface area contributed by atoms with Crippen LogP contribution in [-0.2, 0) is 9.53 Å². The van der Waals surface area contributed by atoms with Gasteiger partial charge in [-0.15, -0.1) is 11.6 Å². The third kappa shape index (κ3) is 8.21. The van der Waals surface area contributed by atoms with E-state index in [0.29, 0.717) is 5.56 Å². The standard InChI is InChI=1S/C16H21ClN2O4/c1-12-2-4-13(5-3-12)14(20)6-7-15(21)18-9-10-19-16(22)23-11-8-17/h2-5H,6-11H2,1H3,(H,18,21)(H,19,22). The highest BCUT2D eigenvalue weighted by atomic mass is 35.5. The number of alkyl halides is 1. The number of rotatable bonds is 9. The first kappa shape index (κ1) is 19.0. The lowest BCUT2D eigenvalue weighted by Gasteiger charge is -2.07. The number of amides is 2. The Morgan fingerprint density at radius 3 is 2.35 bits per heavy atom. The highest BCUT2D eigenvalue weighted by molar-refractivity contribution is 6.18. The Kier molecular flexibility index (Phi) is 8.75. The monoisotopic (exact) mass is 340 g/mol.